The first-order valence-corrected chi connectivity index (χ1v) is 11.1. The van der Waals surface area contributed by atoms with Crippen LogP contribution >= 0.6 is 0 Å². The largest absolute Gasteiger partial charge is 0.460 e. The molecule has 31 heavy (non-hydrogen) atoms. The SMILES string of the molecule is Cc1cccc(Cn2cccc2CN(CC(=O)OCc2ccccc2)[C@H](C)C(C)C)c1. The average molecular weight is 419 g/mol. The second kappa shape index (κ2) is 11.0. The van der Waals surface area contributed by atoms with Crippen molar-refractivity contribution in [2.24, 2.45) is 5.92 Å². The van der Waals surface area contributed by atoms with E-state index in [2.05, 4.69) is 79.8 Å². The van der Waals surface area contributed by atoms with Crippen LogP contribution in [0, 0.1) is 12.8 Å². The van der Waals surface area contributed by atoms with Gasteiger partial charge in [0, 0.05) is 31.0 Å². The van der Waals surface area contributed by atoms with E-state index in [1.54, 1.807) is 0 Å². The Kier molecular flexibility index (Phi) is 8.07. The van der Waals surface area contributed by atoms with E-state index in [1.807, 2.05) is 30.3 Å². The number of rotatable bonds is 10. The Labute approximate surface area is 186 Å². The van der Waals surface area contributed by atoms with Crippen LogP contribution in [0.3, 0.4) is 0 Å². The number of esters is 1. The minimum atomic E-state index is -0.187. The van der Waals surface area contributed by atoms with Crippen molar-refractivity contribution in [1.82, 2.24) is 9.47 Å². The first-order chi connectivity index (χ1) is 14.9. The van der Waals surface area contributed by atoms with Crippen molar-refractivity contribution in [3.8, 4) is 0 Å². The maximum absolute atomic E-state index is 12.6. The summed E-state index contributed by atoms with van der Waals surface area (Å²) < 4.78 is 7.83. The number of hydrogen-bond donors (Lipinski definition) is 0. The number of aromatic nitrogens is 1. The highest BCUT2D eigenvalue weighted by Gasteiger charge is 2.22. The molecule has 2 aromatic carbocycles. The Balaban J connectivity index is 1.67. The van der Waals surface area contributed by atoms with E-state index in [0.29, 0.717) is 19.1 Å². The molecule has 0 saturated heterocycles. The first kappa shape index (κ1) is 22.8. The highest BCUT2D eigenvalue weighted by molar-refractivity contribution is 5.71. The van der Waals surface area contributed by atoms with E-state index in [-0.39, 0.29) is 18.6 Å². The van der Waals surface area contributed by atoms with Gasteiger partial charge in [-0.25, -0.2) is 0 Å². The summed E-state index contributed by atoms with van der Waals surface area (Å²) in [6, 6.07) is 22.9. The van der Waals surface area contributed by atoms with Crippen molar-refractivity contribution in [2.45, 2.75) is 53.4 Å². The molecular weight excluding hydrogens is 384 g/mol. The third-order valence-corrected chi connectivity index (χ3v) is 5.84. The van der Waals surface area contributed by atoms with Crippen LogP contribution in [-0.4, -0.2) is 28.0 Å². The zero-order chi connectivity index (χ0) is 22.2. The molecule has 0 bridgehead atoms. The van der Waals surface area contributed by atoms with Crippen LogP contribution in [0.2, 0.25) is 0 Å². The van der Waals surface area contributed by atoms with Crippen molar-refractivity contribution in [1.29, 1.82) is 0 Å². The van der Waals surface area contributed by atoms with E-state index in [9.17, 15) is 4.79 Å². The summed E-state index contributed by atoms with van der Waals surface area (Å²) in [6.07, 6.45) is 2.11. The van der Waals surface area contributed by atoms with Crippen molar-refractivity contribution in [2.75, 3.05) is 6.54 Å². The number of carbonyl (C=O) groups is 1. The third-order valence-electron chi connectivity index (χ3n) is 5.84. The molecule has 0 radical (unpaired) electrons. The predicted molar refractivity (Wildman–Crippen MR) is 126 cm³/mol. The quantitative estimate of drug-likeness (QED) is 0.412. The maximum Gasteiger partial charge on any atom is 0.320 e. The molecular formula is C27H34N2O2. The molecule has 1 aromatic heterocycles. The highest BCUT2D eigenvalue weighted by atomic mass is 16.5. The number of benzene rings is 2. The molecule has 3 rings (SSSR count). The molecule has 4 nitrogen and oxygen atoms in total. The van der Waals surface area contributed by atoms with Gasteiger partial charge in [0.05, 0.1) is 6.54 Å². The molecule has 0 amide bonds. The van der Waals surface area contributed by atoms with Gasteiger partial charge < -0.3 is 9.30 Å². The zero-order valence-electron chi connectivity index (χ0n) is 19.1. The zero-order valence-corrected chi connectivity index (χ0v) is 19.1. The van der Waals surface area contributed by atoms with Crippen LogP contribution in [0.4, 0.5) is 0 Å². The lowest BCUT2D eigenvalue weighted by Gasteiger charge is -2.31. The van der Waals surface area contributed by atoms with E-state index in [4.69, 9.17) is 4.74 Å². The maximum atomic E-state index is 12.6. The second-order valence-corrected chi connectivity index (χ2v) is 8.65. The minimum Gasteiger partial charge on any atom is -0.460 e. The molecule has 4 heteroatoms. The molecule has 0 saturated carbocycles. The van der Waals surface area contributed by atoms with E-state index < -0.39 is 0 Å². The van der Waals surface area contributed by atoms with E-state index >= 15 is 0 Å². The molecule has 0 fully saturated rings. The summed E-state index contributed by atoms with van der Waals surface area (Å²) >= 11 is 0. The van der Waals surface area contributed by atoms with Gasteiger partial charge in [-0.1, -0.05) is 74.0 Å². The van der Waals surface area contributed by atoms with Gasteiger partial charge in [0.15, 0.2) is 0 Å². The molecule has 0 aliphatic carbocycles. The number of ether oxygens (including phenoxy) is 1. The Morgan fingerprint density at radius 1 is 0.968 bits per heavy atom. The first-order valence-electron chi connectivity index (χ1n) is 11.1. The third kappa shape index (κ3) is 6.83. The van der Waals surface area contributed by atoms with Crippen LogP contribution in [0.25, 0.3) is 0 Å². The number of aryl methyl sites for hydroxylation is 1. The molecule has 164 valence electrons. The summed E-state index contributed by atoms with van der Waals surface area (Å²) in [4.78, 5) is 14.8. The molecule has 3 aromatic rings. The summed E-state index contributed by atoms with van der Waals surface area (Å²) in [5, 5.41) is 0. The lowest BCUT2D eigenvalue weighted by molar-refractivity contribution is -0.147. The predicted octanol–water partition coefficient (Wildman–Crippen LogP) is 5.43. The van der Waals surface area contributed by atoms with Crippen LogP contribution in [0.1, 0.15) is 43.2 Å². The Morgan fingerprint density at radius 2 is 1.71 bits per heavy atom. The fraction of sp³-hybridized carbons (Fsp3) is 0.370. The summed E-state index contributed by atoms with van der Waals surface area (Å²) in [7, 11) is 0. The molecule has 0 unspecified atom stereocenters. The standard InChI is InChI=1S/C27H34N2O2/c1-21(2)23(4)29(19-27(30)31-20-24-11-6-5-7-12-24)18-26-14-9-15-28(26)17-25-13-8-10-22(3)16-25/h5-16,21,23H,17-20H2,1-4H3/t23-/m1/s1. The Hall–Kier alpha value is -2.85. The second-order valence-electron chi connectivity index (χ2n) is 8.65. The van der Waals surface area contributed by atoms with Crippen molar-refractivity contribution >= 4 is 5.97 Å². The van der Waals surface area contributed by atoms with Gasteiger partial charge in [0.2, 0.25) is 0 Å². The normalized spacial score (nSPS) is 12.3. The van der Waals surface area contributed by atoms with Gasteiger partial charge in [-0.15, -0.1) is 0 Å². The number of nitrogens with zero attached hydrogens (tertiary/aromatic N) is 2. The lowest BCUT2D eigenvalue weighted by Crippen LogP contribution is -2.40. The molecule has 1 atom stereocenters. The van der Waals surface area contributed by atoms with Crippen LogP contribution in [0.5, 0.6) is 0 Å². The van der Waals surface area contributed by atoms with E-state index in [0.717, 1.165) is 12.1 Å². The fourth-order valence-corrected chi connectivity index (χ4v) is 3.68. The molecule has 0 aliphatic rings. The lowest BCUT2D eigenvalue weighted by atomic mass is 10.0. The van der Waals surface area contributed by atoms with Crippen molar-refractivity contribution in [3.05, 3.63) is 95.3 Å². The van der Waals surface area contributed by atoms with Gasteiger partial charge in [-0.2, -0.15) is 0 Å². The monoisotopic (exact) mass is 418 g/mol. The Bertz CT molecular complexity index is 962. The minimum absolute atomic E-state index is 0.187. The van der Waals surface area contributed by atoms with Crippen LogP contribution < -0.4 is 0 Å². The molecule has 0 spiro atoms. The fourth-order valence-electron chi connectivity index (χ4n) is 3.68. The van der Waals surface area contributed by atoms with Crippen LogP contribution in [-0.2, 0) is 29.2 Å². The summed E-state index contributed by atoms with van der Waals surface area (Å²) in [6.45, 7) is 10.8. The topological polar surface area (TPSA) is 34.5 Å². The Morgan fingerprint density at radius 3 is 2.42 bits per heavy atom. The van der Waals surface area contributed by atoms with E-state index in [1.165, 1.54) is 16.8 Å². The summed E-state index contributed by atoms with van der Waals surface area (Å²) in [5.74, 6) is 0.246. The highest BCUT2D eigenvalue weighted by Crippen LogP contribution is 2.17. The van der Waals surface area contributed by atoms with Gasteiger partial charge in [-0.3, -0.25) is 9.69 Å². The number of hydrogen-bond acceptors (Lipinski definition) is 3. The van der Waals surface area contributed by atoms with Crippen LogP contribution in [0.15, 0.2) is 72.9 Å². The molecule has 1 heterocycles. The van der Waals surface area contributed by atoms with Gasteiger partial charge in [-0.05, 0) is 43.0 Å². The summed E-state index contributed by atoms with van der Waals surface area (Å²) in [5.41, 5.74) is 4.75. The van der Waals surface area contributed by atoms with Crippen molar-refractivity contribution < 1.29 is 9.53 Å². The van der Waals surface area contributed by atoms with Gasteiger partial charge in [0.25, 0.3) is 0 Å². The van der Waals surface area contributed by atoms with Crippen molar-refractivity contribution in [3.63, 3.8) is 0 Å². The molecule has 0 N–H and O–H groups in total. The van der Waals surface area contributed by atoms with Gasteiger partial charge in [0.1, 0.15) is 6.61 Å². The smallest absolute Gasteiger partial charge is 0.320 e. The average Bonchev–Trinajstić information content (AvgIpc) is 3.18. The molecule has 0 aliphatic heterocycles. The van der Waals surface area contributed by atoms with Gasteiger partial charge >= 0.3 is 5.97 Å². The number of carbonyl (C=O) groups excluding carboxylic acids is 1.